The van der Waals surface area contributed by atoms with Gasteiger partial charge in [0.2, 0.25) is 5.91 Å². The first-order valence-electron chi connectivity index (χ1n) is 5.33. The number of benzene rings is 1. The number of nitrogens with two attached hydrogens (primary N) is 1. The number of hydrogen-bond acceptors (Lipinski definition) is 4. The Bertz CT molecular complexity index is 522. The molecule has 2 unspecified atom stereocenters. The molecule has 0 spiro atoms. The highest BCUT2D eigenvalue weighted by Gasteiger charge is 2.23. The number of nitrogens with one attached hydrogen (secondary N) is 1. The Balaban J connectivity index is 2.20. The maximum Gasteiger partial charge on any atom is 0.249 e. The smallest absolute Gasteiger partial charge is 0.249 e. The van der Waals surface area contributed by atoms with Gasteiger partial charge in [-0.05, 0) is 11.1 Å². The van der Waals surface area contributed by atoms with Gasteiger partial charge in [-0.3, -0.25) is 4.79 Å². The quantitative estimate of drug-likeness (QED) is 0.607. The second kappa shape index (κ2) is 4.99. The largest absolute Gasteiger partial charge is 0.385 e. The Morgan fingerprint density at radius 2 is 1.94 bits per heavy atom. The second-order valence-electron chi connectivity index (χ2n) is 3.88. The molecule has 2 aromatic rings. The molecule has 94 valence electrons. The Labute approximate surface area is 103 Å². The summed E-state index contributed by atoms with van der Waals surface area (Å²) in [5, 5.41) is 19.1. The minimum absolute atomic E-state index is 0.421. The molecule has 0 aliphatic carbocycles. The van der Waals surface area contributed by atoms with Gasteiger partial charge in [-0.1, -0.05) is 24.3 Å². The summed E-state index contributed by atoms with van der Waals surface area (Å²) in [5.41, 5.74) is 7.07. The van der Waals surface area contributed by atoms with Crippen molar-refractivity contribution in [1.82, 2.24) is 9.97 Å². The lowest BCUT2D eigenvalue weighted by Gasteiger charge is -2.15. The van der Waals surface area contributed by atoms with Gasteiger partial charge in [-0.2, -0.15) is 0 Å². The molecule has 1 heterocycles. The number of aliphatic hydroxyl groups excluding tert-OH is 2. The Hall–Kier alpha value is -2.18. The van der Waals surface area contributed by atoms with Crippen LogP contribution in [-0.2, 0) is 4.79 Å². The predicted octanol–water partition coefficient (Wildman–Crippen LogP) is -0.0437. The fourth-order valence-electron chi connectivity index (χ4n) is 1.61. The number of H-pyrrole nitrogens is 1. The number of aromatic nitrogens is 2. The zero-order valence-corrected chi connectivity index (χ0v) is 9.45. The topological polar surface area (TPSA) is 112 Å². The van der Waals surface area contributed by atoms with Crippen molar-refractivity contribution in [2.24, 2.45) is 5.73 Å². The standard InChI is InChI=1S/C12H13N3O3/c13-12(18)11(17)10(16)8-3-1-7(2-4-8)9-5-14-6-15-9/h1-6,10-11,16-17H,(H2,13,18)(H,14,15). The van der Waals surface area contributed by atoms with Gasteiger partial charge in [-0.25, -0.2) is 4.98 Å². The van der Waals surface area contributed by atoms with E-state index in [-0.39, 0.29) is 0 Å². The van der Waals surface area contributed by atoms with Crippen molar-refractivity contribution in [1.29, 1.82) is 0 Å². The maximum atomic E-state index is 10.8. The van der Waals surface area contributed by atoms with E-state index in [1.54, 1.807) is 36.8 Å². The van der Waals surface area contributed by atoms with Gasteiger partial charge in [0.15, 0.2) is 6.10 Å². The summed E-state index contributed by atoms with van der Waals surface area (Å²) >= 11 is 0. The number of carbonyl (C=O) groups is 1. The fraction of sp³-hybridized carbons (Fsp3) is 0.167. The number of aromatic amines is 1. The van der Waals surface area contributed by atoms with Crippen LogP contribution in [0.2, 0.25) is 0 Å². The molecule has 0 aliphatic rings. The lowest BCUT2D eigenvalue weighted by molar-refractivity contribution is -0.131. The average Bonchev–Trinajstić information content (AvgIpc) is 2.91. The third-order valence-electron chi connectivity index (χ3n) is 2.65. The summed E-state index contributed by atoms with van der Waals surface area (Å²) in [6.45, 7) is 0. The van der Waals surface area contributed by atoms with E-state index in [4.69, 9.17) is 5.73 Å². The molecule has 0 radical (unpaired) electrons. The highest BCUT2D eigenvalue weighted by molar-refractivity contribution is 5.79. The zero-order valence-electron chi connectivity index (χ0n) is 9.45. The summed E-state index contributed by atoms with van der Waals surface area (Å²) < 4.78 is 0. The van der Waals surface area contributed by atoms with Crippen LogP contribution in [-0.4, -0.2) is 32.2 Å². The molecule has 5 N–H and O–H groups in total. The van der Waals surface area contributed by atoms with Crippen LogP contribution in [0, 0.1) is 0 Å². The minimum Gasteiger partial charge on any atom is -0.385 e. The van der Waals surface area contributed by atoms with Crippen molar-refractivity contribution in [3.05, 3.63) is 42.4 Å². The third-order valence-corrected chi connectivity index (χ3v) is 2.65. The van der Waals surface area contributed by atoms with Crippen LogP contribution in [0.5, 0.6) is 0 Å². The fourth-order valence-corrected chi connectivity index (χ4v) is 1.61. The number of carbonyl (C=O) groups excluding carboxylic acids is 1. The first-order valence-corrected chi connectivity index (χ1v) is 5.33. The first kappa shape index (κ1) is 12.3. The second-order valence-corrected chi connectivity index (χ2v) is 3.88. The summed E-state index contributed by atoms with van der Waals surface area (Å²) in [6, 6.07) is 6.74. The van der Waals surface area contributed by atoms with Gasteiger partial charge < -0.3 is 20.9 Å². The predicted molar refractivity (Wildman–Crippen MR) is 64.2 cm³/mol. The number of amides is 1. The molecule has 6 heteroatoms. The number of primary amides is 1. The van der Waals surface area contributed by atoms with Crippen molar-refractivity contribution >= 4 is 5.91 Å². The highest BCUT2D eigenvalue weighted by Crippen LogP contribution is 2.21. The van der Waals surface area contributed by atoms with Crippen LogP contribution < -0.4 is 5.73 Å². The van der Waals surface area contributed by atoms with Gasteiger partial charge in [0.05, 0.1) is 18.2 Å². The number of nitrogens with zero attached hydrogens (tertiary/aromatic N) is 1. The number of rotatable bonds is 4. The molecule has 0 aliphatic heterocycles. The van der Waals surface area contributed by atoms with Crippen LogP contribution in [0.25, 0.3) is 11.3 Å². The number of imidazole rings is 1. The van der Waals surface area contributed by atoms with Crippen molar-refractivity contribution in [2.75, 3.05) is 0 Å². The minimum atomic E-state index is -1.61. The third kappa shape index (κ3) is 2.39. The summed E-state index contributed by atoms with van der Waals surface area (Å²) in [4.78, 5) is 17.6. The molecular weight excluding hydrogens is 234 g/mol. The summed E-state index contributed by atoms with van der Waals surface area (Å²) in [5.74, 6) is -0.958. The normalized spacial score (nSPS) is 14.1. The molecule has 0 saturated heterocycles. The summed E-state index contributed by atoms with van der Waals surface area (Å²) in [6.07, 6.45) is 0.305. The van der Waals surface area contributed by atoms with Crippen molar-refractivity contribution in [3.63, 3.8) is 0 Å². The van der Waals surface area contributed by atoms with E-state index in [0.717, 1.165) is 11.3 Å². The van der Waals surface area contributed by atoms with Gasteiger partial charge in [0, 0.05) is 0 Å². The SMILES string of the molecule is NC(=O)C(O)C(O)c1ccc(-c2cnc[nH]2)cc1. The first-order chi connectivity index (χ1) is 8.59. The van der Waals surface area contributed by atoms with Crippen LogP contribution in [0.1, 0.15) is 11.7 Å². The van der Waals surface area contributed by atoms with Crippen LogP contribution in [0.3, 0.4) is 0 Å². The molecule has 1 aromatic heterocycles. The Kier molecular flexibility index (Phi) is 3.40. The number of hydrogen-bond donors (Lipinski definition) is 4. The maximum absolute atomic E-state index is 10.8. The van der Waals surface area contributed by atoms with Gasteiger partial charge in [0.1, 0.15) is 6.10 Å². The molecule has 1 amide bonds. The van der Waals surface area contributed by atoms with Crippen molar-refractivity contribution in [2.45, 2.75) is 12.2 Å². The van der Waals surface area contributed by atoms with Gasteiger partial charge >= 0.3 is 0 Å². The van der Waals surface area contributed by atoms with Crippen LogP contribution >= 0.6 is 0 Å². The van der Waals surface area contributed by atoms with E-state index in [2.05, 4.69) is 9.97 Å². The molecule has 0 bridgehead atoms. The van der Waals surface area contributed by atoms with Gasteiger partial charge in [-0.15, -0.1) is 0 Å². The molecular formula is C12H13N3O3. The van der Waals surface area contributed by atoms with Crippen LogP contribution in [0.15, 0.2) is 36.8 Å². The van der Waals surface area contributed by atoms with E-state index in [9.17, 15) is 15.0 Å². The lowest BCUT2D eigenvalue weighted by atomic mass is 10.0. The molecule has 18 heavy (non-hydrogen) atoms. The Morgan fingerprint density at radius 1 is 1.28 bits per heavy atom. The lowest BCUT2D eigenvalue weighted by Crippen LogP contribution is -2.33. The van der Waals surface area contributed by atoms with E-state index >= 15 is 0 Å². The van der Waals surface area contributed by atoms with Crippen molar-refractivity contribution in [3.8, 4) is 11.3 Å². The molecule has 2 rings (SSSR count). The zero-order chi connectivity index (χ0) is 13.1. The molecule has 1 aromatic carbocycles. The Morgan fingerprint density at radius 3 is 2.44 bits per heavy atom. The van der Waals surface area contributed by atoms with Gasteiger partial charge in [0.25, 0.3) is 0 Å². The molecule has 6 nitrogen and oxygen atoms in total. The highest BCUT2D eigenvalue weighted by atomic mass is 16.3. The van der Waals surface area contributed by atoms with Crippen LogP contribution in [0.4, 0.5) is 0 Å². The van der Waals surface area contributed by atoms with Crippen molar-refractivity contribution < 1.29 is 15.0 Å². The molecule has 2 atom stereocenters. The average molecular weight is 247 g/mol. The number of aliphatic hydroxyl groups is 2. The summed E-state index contributed by atoms with van der Waals surface area (Å²) in [7, 11) is 0. The monoisotopic (exact) mass is 247 g/mol. The van der Waals surface area contributed by atoms with E-state index in [1.165, 1.54) is 0 Å². The van der Waals surface area contributed by atoms with E-state index < -0.39 is 18.1 Å². The van der Waals surface area contributed by atoms with E-state index in [1.807, 2.05) is 0 Å². The molecule has 0 fully saturated rings. The molecule has 0 saturated carbocycles. The van der Waals surface area contributed by atoms with E-state index in [0.29, 0.717) is 5.56 Å².